The predicted molar refractivity (Wildman–Crippen MR) is 49.0 cm³/mol. The van der Waals surface area contributed by atoms with Crippen molar-refractivity contribution in [1.82, 2.24) is 5.32 Å². The number of rotatable bonds is 2. The highest BCUT2D eigenvalue weighted by Crippen LogP contribution is 2.27. The van der Waals surface area contributed by atoms with Crippen molar-refractivity contribution in [2.75, 3.05) is 18.1 Å². The van der Waals surface area contributed by atoms with Crippen LogP contribution in [0.3, 0.4) is 0 Å². The predicted octanol–water partition coefficient (Wildman–Crippen LogP) is 1.93. The Morgan fingerprint density at radius 1 is 1.50 bits per heavy atom. The van der Waals surface area contributed by atoms with E-state index in [0.29, 0.717) is 12.2 Å². The summed E-state index contributed by atoms with van der Waals surface area (Å²) in [6.07, 6.45) is -2.94. The maximum atomic E-state index is 11.9. The summed E-state index contributed by atoms with van der Waals surface area (Å²) in [5, 5.41) is 11.2. The van der Waals surface area contributed by atoms with Crippen LogP contribution in [0.4, 0.5) is 13.2 Å². The molecule has 0 aromatic rings. The van der Waals surface area contributed by atoms with E-state index in [1.807, 2.05) is 6.07 Å². The Bertz CT molecular complexity index is 228. The van der Waals surface area contributed by atoms with Crippen LogP contribution in [0.2, 0.25) is 0 Å². The third-order valence-electron chi connectivity index (χ3n) is 2.08. The zero-order valence-corrected chi connectivity index (χ0v) is 8.34. The highest BCUT2D eigenvalue weighted by molar-refractivity contribution is 7.99. The molecule has 0 bridgehead atoms. The van der Waals surface area contributed by atoms with E-state index in [1.54, 1.807) is 0 Å². The summed E-state index contributed by atoms with van der Waals surface area (Å²) >= 11 is 1.52. The molecule has 0 spiro atoms. The summed E-state index contributed by atoms with van der Waals surface area (Å²) in [6, 6.07) is 1.96. The lowest BCUT2D eigenvalue weighted by Crippen LogP contribution is -2.51. The minimum Gasteiger partial charge on any atom is -0.290 e. The summed E-state index contributed by atoms with van der Waals surface area (Å²) < 4.78 is 35.8. The van der Waals surface area contributed by atoms with Gasteiger partial charge < -0.3 is 0 Å². The van der Waals surface area contributed by atoms with Crippen molar-refractivity contribution in [3.05, 3.63) is 0 Å². The molecule has 0 aliphatic carbocycles. The highest BCUT2D eigenvalue weighted by Gasteiger charge is 2.37. The van der Waals surface area contributed by atoms with E-state index in [2.05, 4.69) is 5.32 Å². The average Bonchev–Trinajstić information content (AvgIpc) is 2.15. The smallest absolute Gasteiger partial charge is 0.290 e. The number of thioether (sulfide) groups is 1. The lowest BCUT2D eigenvalue weighted by molar-refractivity contribution is -0.127. The summed E-state index contributed by atoms with van der Waals surface area (Å²) in [6.45, 7) is -1.08. The molecule has 1 heterocycles. The molecule has 1 atom stereocenters. The lowest BCUT2D eigenvalue weighted by Gasteiger charge is -2.31. The molecule has 0 aromatic heterocycles. The van der Waals surface area contributed by atoms with Crippen molar-refractivity contribution in [3.63, 3.8) is 0 Å². The molecular weight excluding hydrogens is 213 g/mol. The van der Waals surface area contributed by atoms with Crippen LogP contribution >= 0.6 is 11.8 Å². The molecule has 1 fully saturated rings. The topological polar surface area (TPSA) is 35.8 Å². The van der Waals surface area contributed by atoms with Crippen molar-refractivity contribution in [2.45, 2.75) is 24.6 Å². The van der Waals surface area contributed by atoms with Crippen LogP contribution in [0.25, 0.3) is 0 Å². The van der Waals surface area contributed by atoms with Gasteiger partial charge in [0.2, 0.25) is 0 Å². The van der Waals surface area contributed by atoms with Gasteiger partial charge in [0.1, 0.15) is 5.54 Å². The maximum absolute atomic E-state index is 11.9. The Balaban J connectivity index is 2.50. The third-order valence-corrected chi connectivity index (χ3v) is 3.36. The normalized spacial score (nSPS) is 28.4. The highest BCUT2D eigenvalue weighted by atomic mass is 32.2. The second-order valence-electron chi connectivity index (χ2n) is 3.32. The first-order valence-corrected chi connectivity index (χ1v) is 5.44. The van der Waals surface area contributed by atoms with Gasteiger partial charge in [0, 0.05) is 5.75 Å². The van der Waals surface area contributed by atoms with Crippen molar-refractivity contribution >= 4 is 11.8 Å². The van der Waals surface area contributed by atoms with Crippen LogP contribution in [-0.2, 0) is 0 Å². The summed E-state index contributed by atoms with van der Waals surface area (Å²) in [4.78, 5) is 0. The largest absolute Gasteiger partial charge is 0.401 e. The minimum atomic E-state index is -4.24. The zero-order chi connectivity index (χ0) is 10.7. The average molecular weight is 224 g/mol. The zero-order valence-electron chi connectivity index (χ0n) is 7.52. The molecule has 6 heteroatoms. The van der Waals surface area contributed by atoms with Gasteiger partial charge in [-0.25, -0.2) is 0 Å². The van der Waals surface area contributed by atoms with E-state index in [1.165, 1.54) is 11.8 Å². The van der Waals surface area contributed by atoms with Gasteiger partial charge in [0.05, 0.1) is 12.6 Å². The molecule has 0 saturated carbocycles. The monoisotopic (exact) mass is 224 g/mol. The van der Waals surface area contributed by atoms with Gasteiger partial charge >= 0.3 is 6.18 Å². The van der Waals surface area contributed by atoms with Gasteiger partial charge in [-0.1, -0.05) is 0 Å². The fraction of sp³-hybridized carbons (Fsp3) is 0.875. The van der Waals surface area contributed by atoms with Crippen molar-refractivity contribution < 1.29 is 13.2 Å². The minimum absolute atomic E-state index is 0.444. The van der Waals surface area contributed by atoms with Crippen molar-refractivity contribution in [2.24, 2.45) is 0 Å². The third kappa shape index (κ3) is 3.39. The molecule has 1 saturated heterocycles. The number of nitrogens with zero attached hydrogens (tertiary/aromatic N) is 1. The number of hydrogen-bond acceptors (Lipinski definition) is 3. The summed E-state index contributed by atoms with van der Waals surface area (Å²) in [7, 11) is 0. The molecule has 1 N–H and O–H groups in total. The van der Waals surface area contributed by atoms with E-state index < -0.39 is 18.3 Å². The number of halogens is 3. The van der Waals surface area contributed by atoms with Crippen LogP contribution in [0, 0.1) is 11.3 Å². The van der Waals surface area contributed by atoms with Gasteiger partial charge in [-0.15, -0.1) is 0 Å². The second kappa shape index (κ2) is 4.41. The molecule has 0 amide bonds. The molecule has 1 rings (SSSR count). The van der Waals surface area contributed by atoms with E-state index in [0.717, 1.165) is 12.2 Å². The van der Waals surface area contributed by atoms with Crippen molar-refractivity contribution in [3.8, 4) is 6.07 Å². The summed E-state index contributed by atoms with van der Waals surface area (Å²) in [5.41, 5.74) is -0.974. The van der Waals surface area contributed by atoms with Gasteiger partial charge in [-0.05, 0) is 18.6 Å². The molecule has 80 valence electrons. The van der Waals surface area contributed by atoms with Gasteiger partial charge in [0.25, 0.3) is 0 Å². The van der Waals surface area contributed by atoms with Gasteiger partial charge in [0.15, 0.2) is 0 Å². The maximum Gasteiger partial charge on any atom is 0.401 e. The second-order valence-corrected chi connectivity index (χ2v) is 4.42. The molecule has 1 aliphatic heterocycles. The number of hydrogen-bond donors (Lipinski definition) is 1. The van der Waals surface area contributed by atoms with Crippen molar-refractivity contribution in [1.29, 1.82) is 5.26 Å². The van der Waals surface area contributed by atoms with E-state index >= 15 is 0 Å². The molecule has 1 aliphatic rings. The Morgan fingerprint density at radius 3 is 2.64 bits per heavy atom. The SMILES string of the molecule is N#CC1(NCC(F)(F)F)CCCSC1. The molecule has 0 aromatic carbocycles. The molecule has 14 heavy (non-hydrogen) atoms. The van der Waals surface area contributed by atoms with Crippen LogP contribution < -0.4 is 5.32 Å². The number of nitrogens with one attached hydrogen (secondary N) is 1. The number of alkyl halides is 3. The first-order valence-electron chi connectivity index (χ1n) is 4.28. The summed E-state index contributed by atoms with van der Waals surface area (Å²) in [5.74, 6) is 1.37. The lowest BCUT2D eigenvalue weighted by atomic mass is 9.97. The van der Waals surface area contributed by atoms with E-state index in [9.17, 15) is 13.2 Å². The quantitative estimate of drug-likeness (QED) is 0.778. The standard InChI is InChI=1S/C8H11F3N2S/c9-8(10,11)5-13-7(4-12)2-1-3-14-6-7/h13H,1-3,5-6H2. The van der Waals surface area contributed by atoms with Crippen LogP contribution in [-0.4, -0.2) is 29.8 Å². The fourth-order valence-electron chi connectivity index (χ4n) is 1.33. The molecular formula is C8H11F3N2S. The molecule has 2 nitrogen and oxygen atoms in total. The first kappa shape index (κ1) is 11.7. The first-order chi connectivity index (χ1) is 6.47. The fourth-order valence-corrected chi connectivity index (χ4v) is 2.48. The van der Waals surface area contributed by atoms with E-state index in [4.69, 9.17) is 5.26 Å². The Kier molecular flexibility index (Phi) is 3.67. The molecule has 0 radical (unpaired) electrons. The Morgan fingerprint density at radius 2 is 2.21 bits per heavy atom. The van der Waals surface area contributed by atoms with Crippen LogP contribution in [0.15, 0.2) is 0 Å². The Hall–Kier alpha value is -0.410. The van der Waals surface area contributed by atoms with Gasteiger partial charge in [-0.2, -0.15) is 30.2 Å². The number of nitriles is 1. The van der Waals surface area contributed by atoms with Crippen LogP contribution in [0.5, 0.6) is 0 Å². The Labute approximate surface area is 84.9 Å². The van der Waals surface area contributed by atoms with Gasteiger partial charge in [-0.3, -0.25) is 5.32 Å². The van der Waals surface area contributed by atoms with Crippen LogP contribution in [0.1, 0.15) is 12.8 Å². The molecule has 1 unspecified atom stereocenters. The van der Waals surface area contributed by atoms with E-state index in [-0.39, 0.29) is 0 Å².